The number of sulfonamides is 1. The summed E-state index contributed by atoms with van der Waals surface area (Å²) in [7, 11) is -0.649. The van der Waals surface area contributed by atoms with Crippen molar-refractivity contribution in [1.82, 2.24) is 4.31 Å². The van der Waals surface area contributed by atoms with E-state index in [4.69, 9.17) is 10.8 Å². The predicted octanol–water partition coefficient (Wildman–Crippen LogP) is 0.0213. The average molecular weight is 258 g/mol. The van der Waals surface area contributed by atoms with Crippen LogP contribution >= 0.6 is 0 Å². The summed E-state index contributed by atoms with van der Waals surface area (Å²) in [6.07, 6.45) is 0. The highest BCUT2D eigenvalue weighted by molar-refractivity contribution is 7.89. The molecule has 0 radical (unpaired) electrons. The molecule has 17 heavy (non-hydrogen) atoms. The van der Waals surface area contributed by atoms with Crippen molar-refractivity contribution in [2.75, 3.05) is 14.1 Å². The summed E-state index contributed by atoms with van der Waals surface area (Å²) in [6.45, 7) is 0. The fraction of sp³-hybridized carbons (Fsp3) is 0.300. The van der Waals surface area contributed by atoms with Crippen molar-refractivity contribution in [2.45, 2.75) is 10.9 Å². The Balaban J connectivity index is 3.09. The van der Waals surface area contributed by atoms with Crippen LogP contribution in [0.5, 0.6) is 0 Å². The molecule has 1 atom stereocenters. The molecule has 0 aliphatic carbocycles. The zero-order valence-corrected chi connectivity index (χ0v) is 10.3. The van der Waals surface area contributed by atoms with E-state index in [9.17, 15) is 13.2 Å². The molecule has 3 N–H and O–H groups in total. The lowest BCUT2D eigenvalue weighted by molar-refractivity contribution is -0.138. The van der Waals surface area contributed by atoms with Crippen LogP contribution in [0.15, 0.2) is 29.2 Å². The van der Waals surface area contributed by atoms with Gasteiger partial charge < -0.3 is 10.8 Å². The van der Waals surface area contributed by atoms with Gasteiger partial charge >= 0.3 is 5.97 Å². The first-order valence-corrected chi connectivity index (χ1v) is 6.21. The SMILES string of the molecule is CN(C)S(=O)(=O)c1ccc(C(N)C(=O)O)cc1. The summed E-state index contributed by atoms with van der Waals surface area (Å²) in [6, 6.07) is 4.33. The summed E-state index contributed by atoms with van der Waals surface area (Å²) in [4.78, 5) is 10.7. The average Bonchev–Trinajstić information content (AvgIpc) is 2.27. The molecule has 0 fully saturated rings. The van der Waals surface area contributed by atoms with Gasteiger partial charge in [0.15, 0.2) is 0 Å². The number of rotatable bonds is 4. The normalized spacial score (nSPS) is 13.6. The number of benzene rings is 1. The molecule has 0 spiro atoms. The molecule has 0 aliphatic rings. The molecule has 0 amide bonds. The van der Waals surface area contributed by atoms with Crippen molar-refractivity contribution in [3.05, 3.63) is 29.8 Å². The molecule has 6 nitrogen and oxygen atoms in total. The molecule has 0 heterocycles. The Hall–Kier alpha value is -1.44. The fourth-order valence-electron chi connectivity index (χ4n) is 1.20. The monoisotopic (exact) mass is 258 g/mol. The number of nitrogens with zero attached hydrogens (tertiary/aromatic N) is 1. The zero-order chi connectivity index (χ0) is 13.2. The molecule has 1 aromatic rings. The third-order valence-corrected chi connectivity index (χ3v) is 4.11. The van der Waals surface area contributed by atoms with Crippen LogP contribution in [0, 0.1) is 0 Å². The maximum atomic E-state index is 11.7. The van der Waals surface area contributed by atoms with E-state index < -0.39 is 22.0 Å². The van der Waals surface area contributed by atoms with Crippen LogP contribution in [-0.2, 0) is 14.8 Å². The van der Waals surface area contributed by atoms with Crippen LogP contribution < -0.4 is 5.73 Å². The zero-order valence-electron chi connectivity index (χ0n) is 9.49. The lowest BCUT2D eigenvalue weighted by Crippen LogP contribution is -2.23. The van der Waals surface area contributed by atoms with Gasteiger partial charge in [0.25, 0.3) is 0 Å². The minimum absolute atomic E-state index is 0.101. The van der Waals surface area contributed by atoms with Crippen molar-refractivity contribution in [2.24, 2.45) is 5.73 Å². The van der Waals surface area contributed by atoms with Crippen molar-refractivity contribution < 1.29 is 18.3 Å². The largest absolute Gasteiger partial charge is 0.480 e. The summed E-state index contributed by atoms with van der Waals surface area (Å²) in [5.41, 5.74) is 5.75. The Morgan fingerprint density at radius 3 is 2.12 bits per heavy atom. The van der Waals surface area contributed by atoms with Crippen molar-refractivity contribution >= 4 is 16.0 Å². The van der Waals surface area contributed by atoms with Crippen LogP contribution in [0.25, 0.3) is 0 Å². The summed E-state index contributed by atoms with van der Waals surface area (Å²) >= 11 is 0. The van der Waals surface area contributed by atoms with E-state index in [1.807, 2.05) is 0 Å². The molecule has 0 bridgehead atoms. The smallest absolute Gasteiger partial charge is 0.325 e. The predicted molar refractivity (Wildman–Crippen MR) is 61.9 cm³/mol. The topological polar surface area (TPSA) is 101 Å². The van der Waals surface area contributed by atoms with Crippen molar-refractivity contribution in [3.63, 3.8) is 0 Å². The third kappa shape index (κ3) is 2.82. The maximum absolute atomic E-state index is 11.7. The number of nitrogens with two attached hydrogens (primary N) is 1. The number of carbonyl (C=O) groups is 1. The van der Waals surface area contributed by atoms with E-state index >= 15 is 0 Å². The number of carboxylic acids is 1. The number of hydrogen-bond donors (Lipinski definition) is 2. The van der Waals surface area contributed by atoms with Gasteiger partial charge in [0, 0.05) is 14.1 Å². The fourth-order valence-corrected chi connectivity index (χ4v) is 2.10. The van der Waals surface area contributed by atoms with Gasteiger partial charge in [-0.2, -0.15) is 0 Å². The second-order valence-electron chi connectivity index (χ2n) is 3.67. The van der Waals surface area contributed by atoms with Gasteiger partial charge in [-0.1, -0.05) is 12.1 Å². The second kappa shape index (κ2) is 4.82. The van der Waals surface area contributed by atoms with Crippen LogP contribution in [0.2, 0.25) is 0 Å². The van der Waals surface area contributed by atoms with E-state index in [-0.39, 0.29) is 4.90 Å². The first kappa shape index (κ1) is 13.6. The Morgan fingerprint density at radius 1 is 1.29 bits per heavy atom. The van der Waals surface area contributed by atoms with Crippen molar-refractivity contribution in [3.8, 4) is 0 Å². The Morgan fingerprint density at radius 2 is 1.76 bits per heavy atom. The highest BCUT2D eigenvalue weighted by Crippen LogP contribution is 2.17. The maximum Gasteiger partial charge on any atom is 0.325 e. The Bertz CT molecular complexity index is 508. The lowest BCUT2D eigenvalue weighted by Gasteiger charge is -2.12. The van der Waals surface area contributed by atoms with E-state index in [1.165, 1.54) is 38.4 Å². The lowest BCUT2D eigenvalue weighted by atomic mass is 10.1. The van der Waals surface area contributed by atoms with Gasteiger partial charge in [-0.05, 0) is 17.7 Å². The quantitative estimate of drug-likeness (QED) is 0.793. The van der Waals surface area contributed by atoms with Gasteiger partial charge in [-0.25, -0.2) is 12.7 Å². The highest BCUT2D eigenvalue weighted by Gasteiger charge is 2.19. The molecule has 0 saturated carbocycles. The van der Waals surface area contributed by atoms with Gasteiger partial charge in [0.05, 0.1) is 4.90 Å². The van der Waals surface area contributed by atoms with Crippen LogP contribution in [0.1, 0.15) is 11.6 Å². The van der Waals surface area contributed by atoms with Gasteiger partial charge in [-0.3, -0.25) is 4.79 Å². The van der Waals surface area contributed by atoms with Gasteiger partial charge in [-0.15, -0.1) is 0 Å². The number of aliphatic carboxylic acids is 1. The molecule has 94 valence electrons. The van der Waals surface area contributed by atoms with Gasteiger partial charge in [0.2, 0.25) is 10.0 Å². The van der Waals surface area contributed by atoms with E-state index in [1.54, 1.807) is 0 Å². The molecule has 0 aromatic heterocycles. The van der Waals surface area contributed by atoms with Gasteiger partial charge in [0.1, 0.15) is 6.04 Å². The summed E-state index contributed by atoms with van der Waals surface area (Å²) in [5, 5.41) is 8.70. The Labute approximate surface area is 99.7 Å². The molecular formula is C10H14N2O4S. The van der Waals surface area contributed by atoms with E-state index in [2.05, 4.69) is 0 Å². The molecule has 1 unspecified atom stereocenters. The van der Waals surface area contributed by atoms with Crippen LogP contribution in [0.4, 0.5) is 0 Å². The first-order valence-electron chi connectivity index (χ1n) is 4.77. The second-order valence-corrected chi connectivity index (χ2v) is 5.82. The van der Waals surface area contributed by atoms with E-state index in [0.29, 0.717) is 5.56 Å². The standard InChI is InChI=1S/C10H14N2O4S/c1-12(2)17(15,16)8-5-3-7(4-6-8)9(11)10(13)14/h3-6,9H,11H2,1-2H3,(H,13,14). The molecular weight excluding hydrogens is 244 g/mol. The van der Waals surface area contributed by atoms with E-state index in [0.717, 1.165) is 4.31 Å². The van der Waals surface area contributed by atoms with Crippen LogP contribution in [-0.4, -0.2) is 37.9 Å². The summed E-state index contributed by atoms with van der Waals surface area (Å²) < 4.78 is 24.5. The molecule has 0 saturated heterocycles. The van der Waals surface area contributed by atoms with Crippen LogP contribution in [0.3, 0.4) is 0 Å². The molecule has 0 aliphatic heterocycles. The highest BCUT2D eigenvalue weighted by atomic mass is 32.2. The molecule has 1 rings (SSSR count). The minimum Gasteiger partial charge on any atom is -0.480 e. The Kier molecular flexibility index (Phi) is 3.87. The number of hydrogen-bond acceptors (Lipinski definition) is 4. The minimum atomic E-state index is -3.49. The summed E-state index contributed by atoms with van der Waals surface area (Å²) in [5.74, 6) is -1.16. The third-order valence-electron chi connectivity index (χ3n) is 2.28. The first-order chi connectivity index (χ1) is 7.76. The number of carboxylic acid groups (broad SMARTS) is 1. The van der Waals surface area contributed by atoms with Crippen molar-refractivity contribution in [1.29, 1.82) is 0 Å². The molecule has 7 heteroatoms. The molecule has 1 aromatic carbocycles.